The molecule has 2 aromatic heterocycles. The van der Waals surface area contributed by atoms with E-state index in [4.69, 9.17) is 4.74 Å². The Labute approximate surface area is 149 Å². The number of rotatable bonds is 6. The number of nitrogens with one attached hydrogen (secondary N) is 1. The van der Waals surface area contributed by atoms with E-state index in [9.17, 15) is 4.79 Å². The molecule has 0 radical (unpaired) electrons. The molecule has 0 spiro atoms. The first-order valence-corrected chi connectivity index (χ1v) is 8.36. The van der Waals surface area contributed by atoms with E-state index in [-0.39, 0.29) is 5.97 Å². The molecule has 2 rings (SSSR count). The summed E-state index contributed by atoms with van der Waals surface area (Å²) in [6, 6.07) is 5.67. The standard InChI is InChI=1S/C19H26N4O2/c1-7-14-12-15(22-16(21-14)13-8-10-20-11-9-13)23-19(4,5)18(2,3)17(24)25-6/h8-12H,7H2,1-6H3,(H,21,22,23). The summed E-state index contributed by atoms with van der Waals surface area (Å²) in [5.74, 6) is 1.04. The van der Waals surface area contributed by atoms with Crippen molar-refractivity contribution in [2.75, 3.05) is 12.4 Å². The molecule has 6 nitrogen and oxygen atoms in total. The second kappa shape index (κ2) is 7.17. The Morgan fingerprint density at radius 3 is 2.36 bits per heavy atom. The fourth-order valence-corrected chi connectivity index (χ4v) is 2.36. The van der Waals surface area contributed by atoms with Gasteiger partial charge in [0.1, 0.15) is 5.82 Å². The Balaban J connectivity index is 2.41. The monoisotopic (exact) mass is 342 g/mol. The van der Waals surface area contributed by atoms with Crippen LogP contribution in [0.2, 0.25) is 0 Å². The van der Waals surface area contributed by atoms with E-state index in [2.05, 4.69) is 20.3 Å². The van der Waals surface area contributed by atoms with Gasteiger partial charge in [-0.1, -0.05) is 6.92 Å². The summed E-state index contributed by atoms with van der Waals surface area (Å²) in [7, 11) is 1.40. The summed E-state index contributed by atoms with van der Waals surface area (Å²) in [6.45, 7) is 9.69. The molecule has 0 saturated heterocycles. The number of hydrogen-bond donors (Lipinski definition) is 1. The molecular weight excluding hydrogens is 316 g/mol. The predicted octanol–water partition coefficient (Wildman–Crippen LogP) is 3.49. The van der Waals surface area contributed by atoms with E-state index in [0.717, 1.165) is 17.7 Å². The number of anilines is 1. The van der Waals surface area contributed by atoms with Crippen molar-refractivity contribution in [2.24, 2.45) is 5.41 Å². The number of nitrogens with zero attached hydrogens (tertiary/aromatic N) is 3. The number of esters is 1. The Bertz CT molecular complexity index is 742. The lowest BCUT2D eigenvalue weighted by Crippen LogP contribution is -2.51. The lowest BCUT2D eigenvalue weighted by Gasteiger charge is -2.40. The highest BCUT2D eigenvalue weighted by atomic mass is 16.5. The maximum atomic E-state index is 12.2. The van der Waals surface area contributed by atoms with Gasteiger partial charge in [0.25, 0.3) is 0 Å². The summed E-state index contributed by atoms with van der Waals surface area (Å²) >= 11 is 0. The number of aromatic nitrogens is 3. The molecule has 0 aliphatic carbocycles. The molecule has 25 heavy (non-hydrogen) atoms. The molecule has 0 saturated carbocycles. The van der Waals surface area contributed by atoms with Gasteiger partial charge < -0.3 is 10.1 Å². The van der Waals surface area contributed by atoms with Crippen molar-refractivity contribution in [2.45, 2.75) is 46.6 Å². The zero-order chi connectivity index (χ0) is 18.7. The number of methoxy groups -OCH3 is 1. The zero-order valence-electron chi connectivity index (χ0n) is 15.8. The molecule has 1 N–H and O–H groups in total. The first-order valence-electron chi connectivity index (χ1n) is 8.36. The van der Waals surface area contributed by atoms with Crippen molar-refractivity contribution >= 4 is 11.8 Å². The molecule has 2 heterocycles. The third kappa shape index (κ3) is 3.95. The summed E-state index contributed by atoms with van der Waals surface area (Å²) in [5.41, 5.74) is 0.514. The lowest BCUT2D eigenvalue weighted by molar-refractivity contribution is -0.153. The zero-order valence-corrected chi connectivity index (χ0v) is 15.8. The van der Waals surface area contributed by atoms with Crippen LogP contribution in [-0.2, 0) is 16.0 Å². The van der Waals surface area contributed by atoms with Gasteiger partial charge in [0, 0.05) is 35.3 Å². The molecule has 0 atom stereocenters. The van der Waals surface area contributed by atoms with Crippen LogP contribution in [-0.4, -0.2) is 33.6 Å². The Morgan fingerprint density at radius 2 is 1.80 bits per heavy atom. The molecule has 0 aliphatic heterocycles. The number of hydrogen-bond acceptors (Lipinski definition) is 6. The van der Waals surface area contributed by atoms with E-state index in [1.807, 2.05) is 52.8 Å². The molecule has 0 aromatic carbocycles. The molecule has 6 heteroatoms. The Kier molecular flexibility index (Phi) is 5.40. The average Bonchev–Trinajstić information content (AvgIpc) is 2.60. The van der Waals surface area contributed by atoms with Gasteiger partial charge in [-0.3, -0.25) is 9.78 Å². The van der Waals surface area contributed by atoms with E-state index < -0.39 is 11.0 Å². The van der Waals surface area contributed by atoms with Crippen molar-refractivity contribution in [1.82, 2.24) is 15.0 Å². The van der Waals surface area contributed by atoms with Crippen molar-refractivity contribution < 1.29 is 9.53 Å². The smallest absolute Gasteiger partial charge is 0.313 e. The third-order valence-corrected chi connectivity index (χ3v) is 4.78. The van der Waals surface area contributed by atoms with Crippen LogP contribution >= 0.6 is 0 Å². The van der Waals surface area contributed by atoms with Crippen LogP contribution in [0.3, 0.4) is 0 Å². The second-order valence-corrected chi connectivity index (χ2v) is 7.02. The first-order chi connectivity index (χ1) is 11.7. The summed E-state index contributed by atoms with van der Waals surface area (Å²) in [5, 5.41) is 3.39. The Hall–Kier alpha value is -2.50. The number of carbonyl (C=O) groups excluding carboxylic acids is 1. The van der Waals surface area contributed by atoms with Crippen LogP contribution in [0.25, 0.3) is 11.4 Å². The topological polar surface area (TPSA) is 77.0 Å². The molecule has 134 valence electrons. The van der Waals surface area contributed by atoms with Gasteiger partial charge in [-0.2, -0.15) is 0 Å². The van der Waals surface area contributed by atoms with Crippen molar-refractivity contribution in [3.63, 3.8) is 0 Å². The average molecular weight is 342 g/mol. The molecule has 2 aromatic rings. The van der Waals surface area contributed by atoms with E-state index in [1.54, 1.807) is 12.4 Å². The largest absolute Gasteiger partial charge is 0.469 e. The van der Waals surface area contributed by atoms with E-state index >= 15 is 0 Å². The van der Waals surface area contributed by atoms with Gasteiger partial charge in [0.15, 0.2) is 5.82 Å². The predicted molar refractivity (Wildman–Crippen MR) is 98.1 cm³/mol. The summed E-state index contributed by atoms with van der Waals surface area (Å²) < 4.78 is 4.96. The molecule has 0 bridgehead atoms. The van der Waals surface area contributed by atoms with Crippen molar-refractivity contribution in [1.29, 1.82) is 0 Å². The minimum Gasteiger partial charge on any atom is -0.469 e. The highest BCUT2D eigenvalue weighted by Gasteiger charge is 2.44. The van der Waals surface area contributed by atoms with Crippen LogP contribution in [0.4, 0.5) is 5.82 Å². The number of ether oxygens (including phenoxy) is 1. The number of aryl methyl sites for hydroxylation is 1. The highest BCUT2D eigenvalue weighted by Crippen LogP contribution is 2.35. The van der Waals surface area contributed by atoms with Crippen LogP contribution in [0.15, 0.2) is 30.6 Å². The van der Waals surface area contributed by atoms with Crippen LogP contribution in [0.5, 0.6) is 0 Å². The van der Waals surface area contributed by atoms with Gasteiger partial charge in [0.2, 0.25) is 0 Å². The second-order valence-electron chi connectivity index (χ2n) is 7.02. The first kappa shape index (κ1) is 18.8. The van der Waals surface area contributed by atoms with Gasteiger partial charge in [-0.25, -0.2) is 9.97 Å². The fraction of sp³-hybridized carbons (Fsp3) is 0.474. The van der Waals surface area contributed by atoms with Crippen LogP contribution in [0.1, 0.15) is 40.3 Å². The molecule has 0 unspecified atom stereocenters. The SMILES string of the molecule is CCc1cc(NC(C)(C)C(C)(C)C(=O)OC)nc(-c2ccncc2)n1. The number of pyridine rings is 1. The molecule has 0 amide bonds. The van der Waals surface area contributed by atoms with E-state index in [1.165, 1.54) is 7.11 Å². The fourth-order valence-electron chi connectivity index (χ4n) is 2.36. The van der Waals surface area contributed by atoms with Crippen molar-refractivity contribution in [3.05, 3.63) is 36.3 Å². The maximum absolute atomic E-state index is 12.2. The Morgan fingerprint density at radius 1 is 1.16 bits per heavy atom. The van der Waals surface area contributed by atoms with Gasteiger partial charge in [-0.15, -0.1) is 0 Å². The van der Waals surface area contributed by atoms with Gasteiger partial charge in [0.05, 0.1) is 12.5 Å². The quantitative estimate of drug-likeness (QED) is 0.810. The number of carbonyl (C=O) groups is 1. The minimum atomic E-state index is -0.740. The van der Waals surface area contributed by atoms with Crippen LogP contribution in [0, 0.1) is 5.41 Å². The highest BCUT2D eigenvalue weighted by molar-refractivity contribution is 5.78. The third-order valence-electron chi connectivity index (χ3n) is 4.78. The molecule has 0 fully saturated rings. The van der Waals surface area contributed by atoms with Gasteiger partial charge in [-0.05, 0) is 46.2 Å². The van der Waals surface area contributed by atoms with E-state index in [0.29, 0.717) is 11.6 Å². The van der Waals surface area contributed by atoms with Crippen molar-refractivity contribution in [3.8, 4) is 11.4 Å². The summed E-state index contributed by atoms with van der Waals surface area (Å²) in [4.78, 5) is 25.4. The normalized spacial score (nSPS) is 11.9. The minimum absolute atomic E-state index is 0.274. The maximum Gasteiger partial charge on any atom is 0.313 e. The van der Waals surface area contributed by atoms with Crippen LogP contribution < -0.4 is 5.32 Å². The lowest BCUT2D eigenvalue weighted by atomic mass is 9.74. The summed E-state index contributed by atoms with van der Waals surface area (Å²) in [6.07, 6.45) is 4.22. The van der Waals surface area contributed by atoms with Gasteiger partial charge >= 0.3 is 5.97 Å². The molecular formula is C19H26N4O2. The molecule has 0 aliphatic rings.